The molecule has 0 aromatic heterocycles. The van der Waals surface area contributed by atoms with Crippen LogP contribution in [0.3, 0.4) is 0 Å². The van der Waals surface area contributed by atoms with Crippen molar-refractivity contribution in [3.8, 4) is 0 Å². The third-order valence-electron chi connectivity index (χ3n) is 12.7. The molecule has 0 spiro atoms. The minimum atomic E-state index is -0.941. The molecule has 0 amide bonds. The zero-order valence-corrected chi connectivity index (χ0v) is 35.1. The maximum absolute atomic E-state index is 10.6. The fourth-order valence-electron chi connectivity index (χ4n) is 9.38. The largest absolute Gasteiger partial charge is 0.394 e. The third kappa shape index (κ3) is 9.73. The Bertz CT molecular complexity index is 2590. The summed E-state index contributed by atoms with van der Waals surface area (Å²) in [5, 5.41) is 27.7. The summed E-state index contributed by atoms with van der Waals surface area (Å²) in [6, 6.07) is 44.3. The summed E-state index contributed by atoms with van der Waals surface area (Å²) in [5.41, 5.74) is 3.23. The van der Waals surface area contributed by atoms with Crippen LogP contribution >= 0.6 is 0 Å². The topological polar surface area (TPSA) is 105 Å². The number of aliphatic hydroxyl groups excluding tert-OH is 2. The van der Waals surface area contributed by atoms with Crippen molar-refractivity contribution in [2.75, 3.05) is 13.2 Å². The zero-order valence-electron chi connectivity index (χ0n) is 35.1. The van der Waals surface area contributed by atoms with E-state index in [4.69, 9.17) is 33.2 Å². The van der Waals surface area contributed by atoms with Crippen LogP contribution in [0, 0.1) is 0 Å². The van der Waals surface area contributed by atoms with Crippen LogP contribution in [0.4, 0.5) is 0 Å². The van der Waals surface area contributed by atoms with Crippen molar-refractivity contribution in [1.82, 2.24) is 0 Å². The SMILES string of the molecule is OC[C@H]1O[C@H]2C[C@H]3O[C@H]4CC=C[C@H](/C=C/[C@@H](COCc5ccc6ccccc6c5)OCc5ccc6ccccc6c5)O[C@@H]4[C@@H](OCc4ccc5ccccc5c4)[C@@H]3O[C@@H]2C=C[C@@H]1O. The highest BCUT2D eigenvalue weighted by atomic mass is 16.6. The van der Waals surface area contributed by atoms with Crippen LogP contribution in [0.1, 0.15) is 29.5 Å². The van der Waals surface area contributed by atoms with E-state index < -0.39 is 48.8 Å². The Morgan fingerprint density at radius 1 is 0.603 bits per heavy atom. The second kappa shape index (κ2) is 19.4. The van der Waals surface area contributed by atoms with E-state index in [9.17, 15) is 10.2 Å². The average Bonchev–Trinajstić information content (AvgIpc) is 3.62. The smallest absolute Gasteiger partial charge is 0.115 e. The molecule has 2 saturated heterocycles. The molecule has 63 heavy (non-hydrogen) atoms. The number of aliphatic hydroxyl groups is 2. The number of hydrogen-bond donors (Lipinski definition) is 2. The molecule has 4 aliphatic rings. The van der Waals surface area contributed by atoms with Crippen LogP contribution in [0.15, 0.2) is 164 Å². The molecule has 6 aromatic carbocycles. The van der Waals surface area contributed by atoms with Gasteiger partial charge in [-0.1, -0.05) is 146 Å². The molecule has 6 aromatic rings. The van der Waals surface area contributed by atoms with Crippen LogP contribution in [-0.4, -0.2) is 90.6 Å². The molecule has 324 valence electrons. The van der Waals surface area contributed by atoms with Gasteiger partial charge in [-0.2, -0.15) is 0 Å². The monoisotopic (exact) mass is 846 g/mol. The van der Waals surface area contributed by atoms with Gasteiger partial charge < -0.3 is 43.4 Å². The van der Waals surface area contributed by atoms with Gasteiger partial charge in [0.05, 0.1) is 63.6 Å². The van der Waals surface area contributed by atoms with Gasteiger partial charge in [0.1, 0.15) is 36.6 Å². The van der Waals surface area contributed by atoms with Gasteiger partial charge in [-0.05, 0) is 73.6 Å². The van der Waals surface area contributed by atoms with Crippen molar-refractivity contribution in [2.24, 2.45) is 0 Å². The van der Waals surface area contributed by atoms with Crippen LogP contribution in [0.2, 0.25) is 0 Å². The molecule has 0 aliphatic carbocycles. The van der Waals surface area contributed by atoms with Crippen molar-refractivity contribution in [3.05, 3.63) is 181 Å². The molecule has 10 rings (SSSR count). The summed E-state index contributed by atoms with van der Waals surface area (Å²) in [7, 11) is 0. The third-order valence-corrected chi connectivity index (χ3v) is 12.7. The van der Waals surface area contributed by atoms with Crippen LogP contribution in [0.5, 0.6) is 0 Å². The molecule has 0 radical (unpaired) electrons. The van der Waals surface area contributed by atoms with Gasteiger partial charge in [-0.3, -0.25) is 0 Å². The first kappa shape index (κ1) is 41.9. The lowest BCUT2D eigenvalue weighted by Crippen LogP contribution is -2.64. The number of fused-ring (bicyclic) bond motifs is 6. The van der Waals surface area contributed by atoms with E-state index in [0.717, 1.165) is 22.1 Å². The van der Waals surface area contributed by atoms with Crippen molar-refractivity contribution in [3.63, 3.8) is 0 Å². The van der Waals surface area contributed by atoms with E-state index in [1.165, 1.54) is 26.9 Å². The molecule has 11 atom stereocenters. The van der Waals surface area contributed by atoms with Crippen LogP contribution < -0.4 is 0 Å². The highest BCUT2D eigenvalue weighted by molar-refractivity contribution is 5.84. The maximum Gasteiger partial charge on any atom is 0.115 e. The molecule has 0 unspecified atom stereocenters. The van der Waals surface area contributed by atoms with E-state index in [2.05, 4.69) is 127 Å². The lowest BCUT2D eigenvalue weighted by molar-refractivity contribution is -0.298. The molecule has 9 heteroatoms. The average molecular weight is 847 g/mol. The van der Waals surface area contributed by atoms with Gasteiger partial charge in [-0.15, -0.1) is 0 Å². The highest BCUT2D eigenvalue weighted by Crippen LogP contribution is 2.40. The van der Waals surface area contributed by atoms with Crippen molar-refractivity contribution >= 4 is 32.3 Å². The minimum absolute atomic E-state index is 0.300. The Kier molecular flexibility index (Phi) is 12.9. The number of ether oxygens (including phenoxy) is 7. The first-order chi connectivity index (χ1) is 31.0. The van der Waals surface area contributed by atoms with Gasteiger partial charge in [0.25, 0.3) is 0 Å². The molecule has 4 aliphatic heterocycles. The van der Waals surface area contributed by atoms with Crippen LogP contribution in [0.25, 0.3) is 32.3 Å². The van der Waals surface area contributed by atoms with E-state index in [-0.39, 0.29) is 24.9 Å². The Morgan fingerprint density at radius 2 is 1.21 bits per heavy atom. The summed E-state index contributed by atoms with van der Waals surface area (Å²) in [4.78, 5) is 0. The molecule has 0 bridgehead atoms. The summed E-state index contributed by atoms with van der Waals surface area (Å²) in [6.07, 6.45) is 7.51. The predicted octanol–water partition coefficient (Wildman–Crippen LogP) is 8.71. The van der Waals surface area contributed by atoms with Gasteiger partial charge in [0.2, 0.25) is 0 Å². The molecule has 0 saturated carbocycles. The minimum Gasteiger partial charge on any atom is -0.394 e. The summed E-state index contributed by atoms with van der Waals surface area (Å²) in [6.45, 7) is 1.27. The van der Waals surface area contributed by atoms with Crippen LogP contribution in [-0.2, 0) is 53.0 Å². The molecule has 2 fully saturated rings. The molecular formula is C54H54O9. The number of benzene rings is 6. The summed E-state index contributed by atoms with van der Waals surface area (Å²) >= 11 is 0. The van der Waals surface area contributed by atoms with Gasteiger partial charge in [0.15, 0.2) is 0 Å². The van der Waals surface area contributed by atoms with E-state index in [1.807, 2.05) is 30.4 Å². The maximum atomic E-state index is 10.6. The lowest BCUT2D eigenvalue weighted by atomic mass is 9.87. The molecule has 4 heterocycles. The molecular weight excluding hydrogens is 793 g/mol. The summed E-state index contributed by atoms with van der Waals surface area (Å²) in [5.74, 6) is 0. The van der Waals surface area contributed by atoms with Crippen molar-refractivity contribution in [2.45, 2.75) is 99.8 Å². The molecule has 9 nitrogen and oxygen atoms in total. The van der Waals surface area contributed by atoms with Crippen molar-refractivity contribution in [1.29, 1.82) is 0 Å². The highest BCUT2D eigenvalue weighted by Gasteiger charge is 2.53. The predicted molar refractivity (Wildman–Crippen MR) is 243 cm³/mol. The van der Waals surface area contributed by atoms with Gasteiger partial charge in [-0.25, -0.2) is 0 Å². The van der Waals surface area contributed by atoms with Gasteiger partial charge >= 0.3 is 0 Å². The van der Waals surface area contributed by atoms with Gasteiger partial charge in [0, 0.05) is 6.42 Å². The Hall–Kier alpha value is -5.04. The zero-order chi connectivity index (χ0) is 42.5. The second-order valence-electron chi connectivity index (χ2n) is 17.1. The Labute approximate surface area is 368 Å². The molecule has 2 N–H and O–H groups in total. The van der Waals surface area contributed by atoms with E-state index in [0.29, 0.717) is 39.3 Å². The van der Waals surface area contributed by atoms with Crippen molar-refractivity contribution < 1.29 is 43.4 Å². The lowest BCUT2D eigenvalue weighted by Gasteiger charge is -2.51. The number of rotatable bonds is 13. The first-order valence-corrected chi connectivity index (χ1v) is 22.2. The first-order valence-electron chi connectivity index (χ1n) is 22.2. The number of hydrogen-bond acceptors (Lipinski definition) is 9. The Morgan fingerprint density at radius 3 is 1.86 bits per heavy atom. The fourth-order valence-corrected chi connectivity index (χ4v) is 9.38. The standard InChI is InChI=1S/C54H54O9/c55-30-51-46(56)24-25-47-49(62-51)29-50-53(63-47)54(59-33-37-18-21-40-10-3-6-13-43(40)28-37)52-48(61-50)15-7-14-44(60-52)22-23-45(58-32-36-17-20-39-9-2-5-12-42(39)27-36)34-57-31-35-16-19-38-8-1-4-11-41(38)26-35/h1-14,16-28,44-56H,15,29-34H2/b23-22+/t44-,45+,46+,47-,48+,49+,50-,51-,52+,53-,54-/m1/s1. The fraction of sp³-hybridized carbons (Fsp3) is 0.333. The second-order valence-corrected chi connectivity index (χ2v) is 17.1. The summed E-state index contributed by atoms with van der Waals surface area (Å²) < 4.78 is 46.7. The normalized spacial score (nSPS) is 28.7. The quantitative estimate of drug-likeness (QED) is 0.111. The Balaban J connectivity index is 0.884. The van der Waals surface area contributed by atoms with E-state index in [1.54, 1.807) is 6.08 Å². The van der Waals surface area contributed by atoms with E-state index >= 15 is 0 Å².